The van der Waals surface area contributed by atoms with Gasteiger partial charge in [0.05, 0.1) is 16.4 Å². The number of non-ortho nitro benzene ring substituents is 1. The number of carbonyl (C=O) groups excluding carboxylic acids is 1. The first-order valence-electron chi connectivity index (χ1n) is 7.64. The second-order valence-electron chi connectivity index (χ2n) is 5.54. The molecule has 1 amide bonds. The summed E-state index contributed by atoms with van der Waals surface area (Å²) in [5, 5.41) is 13.2. The topological polar surface area (TPSA) is 106 Å². The van der Waals surface area contributed by atoms with Crippen molar-refractivity contribution in [3.05, 3.63) is 70.3 Å². The molecule has 0 atom stereocenters. The van der Waals surface area contributed by atoms with Crippen molar-refractivity contribution in [3.8, 4) is 0 Å². The highest BCUT2D eigenvalue weighted by Gasteiger charge is 2.13. The molecule has 0 spiro atoms. The third kappa shape index (κ3) is 6.34. The van der Waals surface area contributed by atoms with Gasteiger partial charge in [-0.2, -0.15) is 0 Å². The van der Waals surface area contributed by atoms with Crippen molar-refractivity contribution in [2.45, 2.75) is 18.6 Å². The molecule has 0 aromatic heterocycles. The van der Waals surface area contributed by atoms with Crippen LogP contribution in [0.25, 0.3) is 0 Å². The molecule has 0 saturated carbocycles. The fourth-order valence-electron chi connectivity index (χ4n) is 2.27. The Labute approximate surface area is 145 Å². The van der Waals surface area contributed by atoms with Crippen LogP contribution in [-0.4, -0.2) is 25.0 Å². The van der Waals surface area contributed by atoms with Crippen LogP contribution >= 0.6 is 0 Å². The molecule has 0 saturated heterocycles. The minimum absolute atomic E-state index is 0.0245. The minimum atomic E-state index is -3.29. The lowest BCUT2D eigenvalue weighted by Gasteiger charge is -2.06. The second kappa shape index (κ2) is 8.39. The normalized spacial score (nSPS) is 11.0. The number of nitrogens with one attached hydrogen (secondary N) is 1. The molecular formula is C17H18N2O5S. The standard InChI is InChI=1S/C17H18N2O5S/c20-17(18-15-8-4-9-16(12-15)19(21)22)10-5-11-25(23,24)13-14-6-2-1-3-7-14/h1-4,6-9,12H,5,10-11,13H2,(H,18,20). The van der Waals surface area contributed by atoms with Gasteiger partial charge in [0, 0.05) is 24.2 Å². The van der Waals surface area contributed by atoms with Gasteiger partial charge in [-0.15, -0.1) is 0 Å². The summed E-state index contributed by atoms with van der Waals surface area (Å²) in [6, 6.07) is 14.4. The van der Waals surface area contributed by atoms with Gasteiger partial charge in [-0.1, -0.05) is 36.4 Å². The summed E-state index contributed by atoms with van der Waals surface area (Å²) in [4.78, 5) is 22.0. The molecule has 2 rings (SSSR count). The predicted molar refractivity (Wildman–Crippen MR) is 94.9 cm³/mol. The molecule has 25 heavy (non-hydrogen) atoms. The van der Waals surface area contributed by atoms with Gasteiger partial charge < -0.3 is 5.32 Å². The number of nitro benzene ring substituents is 1. The number of carbonyl (C=O) groups is 1. The Kier molecular flexibility index (Phi) is 6.24. The summed E-state index contributed by atoms with van der Waals surface area (Å²) in [5.41, 5.74) is 0.901. The summed E-state index contributed by atoms with van der Waals surface area (Å²) in [5.74, 6) is -0.527. The molecule has 132 valence electrons. The number of rotatable bonds is 8. The van der Waals surface area contributed by atoms with E-state index in [1.807, 2.05) is 6.07 Å². The first kappa shape index (κ1) is 18.6. The van der Waals surface area contributed by atoms with Crippen molar-refractivity contribution in [2.24, 2.45) is 0 Å². The van der Waals surface area contributed by atoms with E-state index in [9.17, 15) is 23.3 Å². The number of nitrogens with zero attached hydrogens (tertiary/aromatic N) is 1. The van der Waals surface area contributed by atoms with Crippen molar-refractivity contribution in [1.82, 2.24) is 0 Å². The van der Waals surface area contributed by atoms with Crippen LogP contribution in [0.5, 0.6) is 0 Å². The van der Waals surface area contributed by atoms with Gasteiger partial charge in [0.1, 0.15) is 0 Å². The number of amides is 1. The maximum Gasteiger partial charge on any atom is 0.271 e. The molecular weight excluding hydrogens is 344 g/mol. The summed E-state index contributed by atoms with van der Waals surface area (Å²) < 4.78 is 24.1. The number of benzene rings is 2. The van der Waals surface area contributed by atoms with E-state index in [0.717, 1.165) is 0 Å². The maximum atomic E-state index is 12.1. The van der Waals surface area contributed by atoms with Crippen LogP contribution in [0.1, 0.15) is 18.4 Å². The molecule has 0 aliphatic carbocycles. The largest absolute Gasteiger partial charge is 0.326 e. The van der Waals surface area contributed by atoms with Crippen molar-refractivity contribution >= 4 is 27.1 Å². The highest BCUT2D eigenvalue weighted by molar-refractivity contribution is 7.90. The maximum absolute atomic E-state index is 12.1. The fraction of sp³-hybridized carbons (Fsp3) is 0.235. The van der Waals surface area contributed by atoms with Crippen molar-refractivity contribution in [2.75, 3.05) is 11.1 Å². The first-order valence-corrected chi connectivity index (χ1v) is 9.46. The Balaban J connectivity index is 1.82. The van der Waals surface area contributed by atoms with Gasteiger partial charge in [0.2, 0.25) is 5.91 Å². The lowest BCUT2D eigenvalue weighted by atomic mass is 10.2. The van der Waals surface area contributed by atoms with Gasteiger partial charge in [-0.05, 0) is 18.1 Å². The van der Waals surface area contributed by atoms with E-state index in [4.69, 9.17) is 0 Å². The highest BCUT2D eigenvalue weighted by Crippen LogP contribution is 2.17. The number of anilines is 1. The Morgan fingerprint density at radius 2 is 1.80 bits per heavy atom. The Morgan fingerprint density at radius 1 is 1.08 bits per heavy atom. The molecule has 0 radical (unpaired) electrons. The molecule has 2 aromatic carbocycles. The highest BCUT2D eigenvalue weighted by atomic mass is 32.2. The van der Waals surface area contributed by atoms with E-state index in [1.165, 1.54) is 24.3 Å². The number of hydrogen-bond acceptors (Lipinski definition) is 5. The SMILES string of the molecule is O=C(CCCS(=O)(=O)Cc1ccccc1)Nc1cccc([N+](=O)[O-])c1. The van der Waals surface area contributed by atoms with Crippen molar-refractivity contribution in [1.29, 1.82) is 0 Å². The average molecular weight is 362 g/mol. The average Bonchev–Trinajstić information content (AvgIpc) is 2.55. The van der Waals surface area contributed by atoms with E-state index < -0.39 is 14.8 Å². The molecule has 0 unspecified atom stereocenters. The molecule has 0 heterocycles. The van der Waals surface area contributed by atoms with E-state index in [2.05, 4.69) is 5.32 Å². The van der Waals surface area contributed by atoms with E-state index in [1.54, 1.807) is 24.3 Å². The van der Waals surface area contributed by atoms with Crippen molar-refractivity contribution < 1.29 is 18.1 Å². The smallest absolute Gasteiger partial charge is 0.271 e. The molecule has 0 aliphatic rings. The van der Waals surface area contributed by atoms with Gasteiger partial charge in [-0.3, -0.25) is 14.9 Å². The van der Waals surface area contributed by atoms with Gasteiger partial charge in [0.15, 0.2) is 9.84 Å². The van der Waals surface area contributed by atoms with Gasteiger partial charge in [-0.25, -0.2) is 8.42 Å². The van der Waals surface area contributed by atoms with E-state index in [0.29, 0.717) is 11.3 Å². The number of hydrogen-bond donors (Lipinski definition) is 1. The third-order valence-corrected chi connectivity index (χ3v) is 5.11. The lowest BCUT2D eigenvalue weighted by Crippen LogP contribution is -2.15. The third-order valence-electron chi connectivity index (χ3n) is 3.43. The molecule has 7 nitrogen and oxygen atoms in total. The number of sulfone groups is 1. The summed E-state index contributed by atoms with van der Waals surface area (Å²) in [7, 11) is -3.29. The second-order valence-corrected chi connectivity index (χ2v) is 7.72. The zero-order chi connectivity index (χ0) is 18.3. The van der Waals surface area contributed by atoms with Crippen LogP contribution in [0.2, 0.25) is 0 Å². The zero-order valence-corrected chi connectivity index (χ0v) is 14.2. The van der Waals surface area contributed by atoms with Gasteiger partial charge >= 0.3 is 0 Å². The number of nitro groups is 1. The Bertz CT molecular complexity index is 850. The monoisotopic (exact) mass is 362 g/mol. The quantitative estimate of drug-likeness (QED) is 0.574. The molecule has 8 heteroatoms. The van der Waals surface area contributed by atoms with Crippen LogP contribution in [-0.2, 0) is 20.4 Å². The molecule has 1 N–H and O–H groups in total. The zero-order valence-electron chi connectivity index (χ0n) is 13.4. The Hall–Kier alpha value is -2.74. The minimum Gasteiger partial charge on any atom is -0.326 e. The van der Waals surface area contributed by atoms with Crippen LogP contribution in [0, 0.1) is 10.1 Å². The summed E-state index contributed by atoms with van der Waals surface area (Å²) in [6.07, 6.45) is 0.215. The van der Waals surface area contributed by atoms with Crippen LogP contribution in [0.3, 0.4) is 0 Å². The van der Waals surface area contributed by atoms with E-state index in [-0.39, 0.29) is 35.9 Å². The van der Waals surface area contributed by atoms with Crippen molar-refractivity contribution in [3.63, 3.8) is 0 Å². The molecule has 0 bridgehead atoms. The van der Waals surface area contributed by atoms with Crippen LogP contribution in [0.15, 0.2) is 54.6 Å². The van der Waals surface area contributed by atoms with E-state index >= 15 is 0 Å². The lowest BCUT2D eigenvalue weighted by molar-refractivity contribution is -0.384. The van der Waals surface area contributed by atoms with Crippen LogP contribution < -0.4 is 5.32 Å². The summed E-state index contributed by atoms with van der Waals surface area (Å²) in [6.45, 7) is 0. The predicted octanol–water partition coefficient (Wildman–Crippen LogP) is 2.93. The van der Waals surface area contributed by atoms with Crippen LogP contribution in [0.4, 0.5) is 11.4 Å². The van der Waals surface area contributed by atoms with Gasteiger partial charge in [0.25, 0.3) is 5.69 Å². The first-order chi connectivity index (χ1) is 11.9. The molecule has 0 aliphatic heterocycles. The fourth-order valence-corrected chi connectivity index (χ4v) is 3.70. The summed E-state index contributed by atoms with van der Waals surface area (Å²) >= 11 is 0. The molecule has 2 aromatic rings. The Morgan fingerprint density at radius 3 is 2.48 bits per heavy atom. The molecule has 0 fully saturated rings.